The first-order valence-corrected chi connectivity index (χ1v) is 14.6. The minimum atomic E-state index is 0. The molecule has 0 aromatic heterocycles. The van der Waals surface area contributed by atoms with Gasteiger partial charge in [0, 0.05) is 5.92 Å². The summed E-state index contributed by atoms with van der Waals surface area (Å²) >= 11 is 1.58. The second-order valence-electron chi connectivity index (χ2n) is 10.1. The predicted molar refractivity (Wildman–Crippen MR) is 153 cm³/mol. The van der Waals surface area contributed by atoms with Crippen LogP contribution >= 0.6 is 0 Å². The van der Waals surface area contributed by atoms with Gasteiger partial charge in [-0.05, 0) is 39.4 Å². The number of rotatable bonds is 1. The Morgan fingerprint density at radius 2 is 0.949 bits per heavy atom. The van der Waals surface area contributed by atoms with Crippen LogP contribution in [0.4, 0.5) is 0 Å². The molecule has 0 saturated heterocycles. The average Bonchev–Trinajstić information content (AvgIpc) is 3.45. The molecule has 2 aliphatic rings. The Balaban J connectivity index is 0.000000150. The molecule has 6 aromatic carbocycles. The molecule has 8 rings (SSSR count). The van der Waals surface area contributed by atoms with Crippen LogP contribution in [0.3, 0.4) is 0 Å². The molecule has 3 heteroatoms. The van der Waals surface area contributed by atoms with Crippen LogP contribution in [0.2, 0.25) is 0 Å². The van der Waals surface area contributed by atoms with E-state index in [1.807, 2.05) is 0 Å². The van der Waals surface area contributed by atoms with Gasteiger partial charge in [-0.3, -0.25) is 0 Å². The summed E-state index contributed by atoms with van der Waals surface area (Å²) in [4.78, 5) is 0. The van der Waals surface area contributed by atoms with Gasteiger partial charge in [0.05, 0.1) is 0 Å². The molecule has 0 nitrogen and oxygen atoms in total. The van der Waals surface area contributed by atoms with Crippen molar-refractivity contribution in [3.63, 3.8) is 0 Å². The molecule has 0 amide bonds. The van der Waals surface area contributed by atoms with Crippen LogP contribution in [-0.4, -0.2) is 0 Å². The van der Waals surface area contributed by atoms with Gasteiger partial charge in [-0.1, -0.05) is 67.6 Å². The zero-order valence-electron chi connectivity index (χ0n) is 21.7. The van der Waals surface area contributed by atoms with E-state index in [-0.39, 0.29) is 24.8 Å². The monoisotopic (exact) mass is 619 g/mol. The number of fused-ring (bicyclic) bond motifs is 10. The van der Waals surface area contributed by atoms with Crippen molar-refractivity contribution in [2.45, 2.75) is 22.9 Å². The van der Waals surface area contributed by atoms with Gasteiger partial charge >= 0.3 is 122 Å². The summed E-state index contributed by atoms with van der Waals surface area (Å²) in [5.41, 5.74) is 11.8. The zero-order chi connectivity index (χ0) is 24.9. The fourth-order valence-corrected chi connectivity index (χ4v) is 7.70. The predicted octanol–water partition coefficient (Wildman–Crippen LogP) is 3.83. The van der Waals surface area contributed by atoms with E-state index in [9.17, 15) is 0 Å². The Morgan fingerprint density at radius 1 is 0.487 bits per heavy atom. The van der Waals surface area contributed by atoms with Gasteiger partial charge in [0.1, 0.15) is 0 Å². The first-order valence-electron chi connectivity index (χ1n) is 13.2. The maximum atomic E-state index is 2.33. The number of hydrogen-bond donors (Lipinski definition) is 0. The zero-order valence-corrected chi connectivity index (χ0v) is 25.6. The molecule has 0 bridgehead atoms. The summed E-state index contributed by atoms with van der Waals surface area (Å²) in [6.45, 7) is 2.28. The SMILES string of the molecule is CCC1c2ccccc2-c2c1ccc1ccccc21.[Cl-].[Cl-].[Zr+2][CH]1c2ccccc2-c2c1ccc1ccccc21. The Morgan fingerprint density at radius 3 is 1.56 bits per heavy atom. The number of halogens is 2. The van der Waals surface area contributed by atoms with Gasteiger partial charge in [-0.25, -0.2) is 0 Å². The van der Waals surface area contributed by atoms with Crippen LogP contribution in [0.5, 0.6) is 0 Å². The van der Waals surface area contributed by atoms with Crippen molar-refractivity contribution >= 4 is 21.5 Å². The van der Waals surface area contributed by atoms with Gasteiger partial charge in [0.2, 0.25) is 0 Å². The van der Waals surface area contributed by atoms with Crippen LogP contribution in [-0.2, 0) is 24.7 Å². The molecular formula is C36H27Cl2Zr. The van der Waals surface area contributed by atoms with E-state index in [1.165, 1.54) is 72.5 Å². The Labute approximate surface area is 258 Å². The summed E-state index contributed by atoms with van der Waals surface area (Å²) in [5, 5.41) is 5.47. The molecule has 0 N–H and O–H groups in total. The van der Waals surface area contributed by atoms with E-state index < -0.39 is 0 Å². The van der Waals surface area contributed by atoms with Crippen molar-refractivity contribution in [3.8, 4) is 22.3 Å². The van der Waals surface area contributed by atoms with Crippen LogP contribution in [0, 0.1) is 0 Å². The third-order valence-electron chi connectivity index (χ3n) is 8.16. The second-order valence-corrected chi connectivity index (χ2v) is 11.5. The van der Waals surface area contributed by atoms with Gasteiger partial charge in [0.15, 0.2) is 0 Å². The van der Waals surface area contributed by atoms with E-state index in [2.05, 4.69) is 128 Å². The molecular weight excluding hydrogens is 595 g/mol. The van der Waals surface area contributed by atoms with E-state index >= 15 is 0 Å². The molecule has 0 heterocycles. The topological polar surface area (TPSA) is 0 Å². The Kier molecular flexibility index (Phi) is 8.16. The Hall–Kier alpha value is -2.70. The third-order valence-corrected chi connectivity index (χ3v) is 9.69. The fraction of sp³-hybridized carbons (Fsp3) is 0.111. The number of benzene rings is 6. The molecule has 2 atom stereocenters. The van der Waals surface area contributed by atoms with Crippen LogP contribution < -0.4 is 24.8 Å². The van der Waals surface area contributed by atoms with Crippen LogP contribution in [0.25, 0.3) is 43.8 Å². The van der Waals surface area contributed by atoms with Crippen molar-refractivity contribution in [2.75, 3.05) is 0 Å². The molecule has 39 heavy (non-hydrogen) atoms. The molecule has 2 aliphatic carbocycles. The quantitative estimate of drug-likeness (QED) is 0.262. The molecule has 0 fully saturated rings. The fourth-order valence-electron chi connectivity index (χ4n) is 6.49. The molecule has 189 valence electrons. The third kappa shape index (κ3) is 4.50. The van der Waals surface area contributed by atoms with E-state index in [0.717, 1.165) is 0 Å². The van der Waals surface area contributed by atoms with Crippen molar-refractivity contribution in [1.29, 1.82) is 0 Å². The van der Waals surface area contributed by atoms with Crippen LogP contribution in [0.15, 0.2) is 121 Å². The summed E-state index contributed by atoms with van der Waals surface area (Å²) in [7, 11) is 0. The first-order chi connectivity index (χ1) is 18.3. The summed E-state index contributed by atoms with van der Waals surface area (Å²) < 4.78 is 0.605. The second kappa shape index (κ2) is 11.4. The molecule has 0 saturated carbocycles. The molecule has 6 aromatic rings. The van der Waals surface area contributed by atoms with E-state index in [4.69, 9.17) is 0 Å². The first kappa shape index (κ1) is 27.9. The summed E-state index contributed by atoms with van der Waals surface area (Å²) in [6.07, 6.45) is 1.17. The Bertz CT molecular complexity index is 1810. The molecule has 0 aliphatic heterocycles. The van der Waals surface area contributed by atoms with Gasteiger partial charge in [-0.15, -0.1) is 0 Å². The normalized spacial score (nSPS) is 15.7. The van der Waals surface area contributed by atoms with Gasteiger partial charge < -0.3 is 24.8 Å². The molecule has 0 spiro atoms. The van der Waals surface area contributed by atoms with Crippen molar-refractivity contribution in [2.24, 2.45) is 0 Å². The van der Waals surface area contributed by atoms with Crippen molar-refractivity contribution < 1.29 is 49.5 Å². The molecule has 2 unspecified atom stereocenters. The van der Waals surface area contributed by atoms with Crippen molar-refractivity contribution in [3.05, 3.63) is 144 Å². The maximum absolute atomic E-state index is 2.33. The minimum absolute atomic E-state index is 0. The summed E-state index contributed by atoms with van der Waals surface area (Å²) in [6, 6.07) is 44.3. The van der Waals surface area contributed by atoms with Gasteiger partial charge in [-0.2, -0.15) is 0 Å². The van der Waals surface area contributed by atoms with E-state index in [1.54, 1.807) is 24.7 Å². The van der Waals surface area contributed by atoms with E-state index in [0.29, 0.717) is 9.54 Å². The molecule has 0 radical (unpaired) electrons. The summed E-state index contributed by atoms with van der Waals surface area (Å²) in [5.74, 6) is 0.566. The number of hydrogen-bond acceptors (Lipinski definition) is 0. The van der Waals surface area contributed by atoms with Crippen LogP contribution in [0.1, 0.15) is 45.1 Å². The van der Waals surface area contributed by atoms with Crippen molar-refractivity contribution in [1.82, 2.24) is 0 Å². The average molecular weight is 622 g/mol. The van der Waals surface area contributed by atoms with Gasteiger partial charge in [0.25, 0.3) is 0 Å². The standard InChI is InChI=1S/C19H16.C17H11.2ClH.Zr/c1-2-14-16-9-5-6-10-17(16)19-15-8-4-3-7-13(15)11-12-18(14)19;1-3-7-15-12(5-1)9-10-14-11-13-6-2-4-8-16(13)17(14)15;;;/h3-12,14H,2H2,1H3;1-11H;2*1H;/q;;;;+2/p-2.